The monoisotopic (exact) mass is 434 g/mol. The minimum absolute atomic E-state index is 0.155. The van der Waals surface area contributed by atoms with E-state index in [1.807, 2.05) is 30.3 Å². The summed E-state index contributed by atoms with van der Waals surface area (Å²) in [6.45, 7) is 0.186. The van der Waals surface area contributed by atoms with Crippen molar-refractivity contribution in [2.45, 2.75) is 0 Å². The van der Waals surface area contributed by atoms with E-state index in [2.05, 4.69) is 20.8 Å². The highest BCUT2D eigenvalue weighted by Crippen LogP contribution is 2.26. The third-order valence-corrected chi connectivity index (χ3v) is 4.39. The fourth-order valence-electron chi connectivity index (χ4n) is 2.24. The average Bonchev–Trinajstić information content (AvgIpc) is 3.23. The number of nitrogens with zero attached hydrogens (tertiary/aromatic N) is 2. The van der Waals surface area contributed by atoms with Crippen LogP contribution in [0.15, 0.2) is 53.1 Å². The molecule has 150 valence electrons. The molecule has 0 aliphatic heterocycles. The molecule has 2 aromatic carbocycles. The van der Waals surface area contributed by atoms with Crippen LogP contribution in [-0.4, -0.2) is 41.7 Å². The van der Waals surface area contributed by atoms with Gasteiger partial charge < -0.3 is 19.9 Å². The molecule has 10 heteroatoms. The van der Waals surface area contributed by atoms with Crippen molar-refractivity contribution in [1.82, 2.24) is 20.8 Å². The predicted octanol–water partition coefficient (Wildman–Crippen LogP) is 2.97. The van der Waals surface area contributed by atoms with Crippen molar-refractivity contribution in [3.8, 4) is 17.1 Å². The van der Waals surface area contributed by atoms with Gasteiger partial charge in [-0.25, -0.2) is 0 Å². The fraction of sp³-hybridized carbons (Fsp3) is 0.158. The zero-order valence-electron chi connectivity index (χ0n) is 15.0. The van der Waals surface area contributed by atoms with Crippen molar-refractivity contribution in [2.75, 3.05) is 19.7 Å². The highest BCUT2D eigenvalue weighted by Gasteiger charge is 2.15. The van der Waals surface area contributed by atoms with Crippen molar-refractivity contribution in [3.05, 3.63) is 64.5 Å². The molecule has 0 aliphatic rings. The van der Waals surface area contributed by atoms with Crippen LogP contribution in [0.1, 0.15) is 10.7 Å². The topological polar surface area (TPSA) is 106 Å². The van der Waals surface area contributed by atoms with Crippen LogP contribution in [0.25, 0.3) is 11.4 Å². The number of halogens is 2. The first-order chi connectivity index (χ1) is 14.0. The second-order valence-electron chi connectivity index (χ2n) is 5.76. The Morgan fingerprint density at radius 1 is 1.00 bits per heavy atom. The summed E-state index contributed by atoms with van der Waals surface area (Å²) in [5.41, 5.74) is 0.740. The van der Waals surface area contributed by atoms with Crippen LogP contribution in [-0.2, 0) is 4.79 Å². The Hall–Kier alpha value is -3.10. The molecule has 0 bridgehead atoms. The lowest BCUT2D eigenvalue weighted by Crippen LogP contribution is -2.36. The molecule has 1 aromatic heterocycles. The molecule has 8 nitrogen and oxygen atoms in total. The number of ether oxygens (including phenoxy) is 1. The maximum absolute atomic E-state index is 12.0. The van der Waals surface area contributed by atoms with E-state index in [0.717, 1.165) is 5.56 Å². The van der Waals surface area contributed by atoms with E-state index in [4.69, 9.17) is 32.5 Å². The second-order valence-corrected chi connectivity index (χ2v) is 6.57. The maximum atomic E-state index is 12.0. The van der Waals surface area contributed by atoms with Crippen LogP contribution in [0.3, 0.4) is 0 Å². The molecule has 3 rings (SSSR count). The largest absolute Gasteiger partial charge is 0.484 e. The smallest absolute Gasteiger partial charge is 0.316 e. The van der Waals surface area contributed by atoms with Gasteiger partial charge in [0.05, 0.1) is 10.0 Å². The molecule has 0 spiro atoms. The Kier molecular flexibility index (Phi) is 7.04. The summed E-state index contributed by atoms with van der Waals surface area (Å²) in [5.74, 6) is -0.287. The normalized spacial score (nSPS) is 10.4. The molecule has 0 fully saturated rings. The number of carbonyl (C=O) groups excluding carboxylic acids is 2. The average molecular weight is 435 g/mol. The molecule has 1 heterocycles. The molecule has 0 saturated carbocycles. The summed E-state index contributed by atoms with van der Waals surface area (Å²) in [5, 5.41) is 9.71. The van der Waals surface area contributed by atoms with Crippen LogP contribution < -0.4 is 15.4 Å². The van der Waals surface area contributed by atoms with E-state index in [0.29, 0.717) is 21.6 Å². The van der Waals surface area contributed by atoms with Crippen LogP contribution in [0, 0.1) is 0 Å². The summed E-state index contributed by atoms with van der Waals surface area (Å²) in [6, 6.07) is 13.8. The SMILES string of the molecule is O=C(COc1ccc(Cl)c(Cl)c1)NCCNC(=O)c1nc(-c2ccccc2)no1. The number of amides is 2. The van der Waals surface area contributed by atoms with E-state index in [1.165, 1.54) is 6.07 Å². The van der Waals surface area contributed by atoms with Gasteiger partial charge in [0.2, 0.25) is 5.82 Å². The molecule has 0 radical (unpaired) electrons. The van der Waals surface area contributed by atoms with Gasteiger partial charge in [-0.2, -0.15) is 4.98 Å². The summed E-state index contributed by atoms with van der Waals surface area (Å²) in [7, 11) is 0. The van der Waals surface area contributed by atoms with Gasteiger partial charge in [-0.05, 0) is 12.1 Å². The van der Waals surface area contributed by atoms with Crippen molar-refractivity contribution >= 4 is 35.0 Å². The van der Waals surface area contributed by atoms with Gasteiger partial charge in [-0.15, -0.1) is 0 Å². The second kappa shape index (κ2) is 9.90. The first kappa shape index (κ1) is 20.6. The van der Waals surface area contributed by atoms with Gasteiger partial charge in [0.25, 0.3) is 5.91 Å². The van der Waals surface area contributed by atoms with Crippen LogP contribution in [0.5, 0.6) is 5.75 Å². The highest BCUT2D eigenvalue weighted by atomic mass is 35.5. The number of hydrogen-bond donors (Lipinski definition) is 2. The van der Waals surface area contributed by atoms with Gasteiger partial charge in [0, 0.05) is 24.7 Å². The lowest BCUT2D eigenvalue weighted by molar-refractivity contribution is -0.123. The Balaban J connectivity index is 1.37. The number of rotatable bonds is 8. The predicted molar refractivity (Wildman–Crippen MR) is 107 cm³/mol. The van der Waals surface area contributed by atoms with Crippen molar-refractivity contribution in [2.24, 2.45) is 0 Å². The summed E-state index contributed by atoms with van der Waals surface area (Å²) in [4.78, 5) is 27.9. The summed E-state index contributed by atoms with van der Waals surface area (Å²) in [6.07, 6.45) is 0. The van der Waals surface area contributed by atoms with Crippen LogP contribution in [0.2, 0.25) is 10.0 Å². The highest BCUT2D eigenvalue weighted by molar-refractivity contribution is 6.42. The Morgan fingerprint density at radius 3 is 2.52 bits per heavy atom. The van der Waals surface area contributed by atoms with E-state index in [9.17, 15) is 9.59 Å². The van der Waals surface area contributed by atoms with E-state index >= 15 is 0 Å². The molecule has 3 aromatic rings. The molecule has 0 atom stereocenters. The minimum Gasteiger partial charge on any atom is -0.484 e. The zero-order chi connectivity index (χ0) is 20.6. The number of hydrogen-bond acceptors (Lipinski definition) is 6. The Morgan fingerprint density at radius 2 is 1.76 bits per heavy atom. The van der Waals surface area contributed by atoms with Gasteiger partial charge in [-0.1, -0.05) is 58.7 Å². The summed E-state index contributed by atoms with van der Waals surface area (Å²) < 4.78 is 10.3. The Labute approximate surface area is 176 Å². The molecule has 2 amide bonds. The third kappa shape index (κ3) is 5.94. The zero-order valence-corrected chi connectivity index (χ0v) is 16.5. The molecular weight excluding hydrogens is 419 g/mol. The lowest BCUT2D eigenvalue weighted by Gasteiger charge is -2.08. The maximum Gasteiger partial charge on any atom is 0.316 e. The number of benzene rings is 2. The molecular formula is C19H16Cl2N4O4. The van der Waals surface area contributed by atoms with Gasteiger partial charge in [0.15, 0.2) is 6.61 Å². The van der Waals surface area contributed by atoms with E-state index < -0.39 is 5.91 Å². The standard InChI is InChI=1S/C19H16Cl2N4O4/c20-14-7-6-13(10-15(14)21)28-11-16(26)22-8-9-23-18(27)19-24-17(25-29-19)12-4-2-1-3-5-12/h1-7,10H,8-9,11H2,(H,22,26)(H,23,27). The quantitative estimate of drug-likeness (QED) is 0.527. The molecule has 0 aliphatic carbocycles. The first-order valence-corrected chi connectivity index (χ1v) is 9.30. The summed E-state index contributed by atoms with van der Waals surface area (Å²) >= 11 is 11.7. The van der Waals surface area contributed by atoms with Crippen molar-refractivity contribution in [3.63, 3.8) is 0 Å². The molecule has 29 heavy (non-hydrogen) atoms. The van der Waals surface area contributed by atoms with Crippen LogP contribution in [0.4, 0.5) is 0 Å². The molecule has 0 saturated heterocycles. The van der Waals surface area contributed by atoms with Crippen molar-refractivity contribution in [1.29, 1.82) is 0 Å². The third-order valence-electron chi connectivity index (χ3n) is 3.65. The number of aromatic nitrogens is 2. The minimum atomic E-state index is -0.527. The molecule has 0 unspecified atom stereocenters. The van der Waals surface area contributed by atoms with Gasteiger partial charge >= 0.3 is 11.8 Å². The van der Waals surface area contributed by atoms with Crippen LogP contribution >= 0.6 is 23.2 Å². The van der Waals surface area contributed by atoms with E-state index in [-0.39, 0.29) is 31.5 Å². The van der Waals surface area contributed by atoms with Gasteiger partial charge in [-0.3, -0.25) is 9.59 Å². The number of nitrogens with one attached hydrogen (secondary N) is 2. The Bertz CT molecular complexity index is 995. The number of carbonyl (C=O) groups is 2. The first-order valence-electron chi connectivity index (χ1n) is 8.55. The lowest BCUT2D eigenvalue weighted by atomic mass is 10.2. The van der Waals surface area contributed by atoms with E-state index in [1.54, 1.807) is 12.1 Å². The molecule has 2 N–H and O–H groups in total. The fourth-order valence-corrected chi connectivity index (χ4v) is 2.53. The van der Waals surface area contributed by atoms with Gasteiger partial charge in [0.1, 0.15) is 5.75 Å². The van der Waals surface area contributed by atoms with Crippen molar-refractivity contribution < 1.29 is 18.8 Å².